The molecule has 4 rings (SSSR count). The normalized spacial score (nSPS) is 14.5. The largest absolute Gasteiger partial charge is 0.490 e. The third-order valence-electron chi connectivity index (χ3n) is 4.89. The Kier molecular flexibility index (Phi) is 4.82. The van der Waals surface area contributed by atoms with Crippen molar-refractivity contribution in [1.82, 2.24) is 10.3 Å². The molecule has 1 aliphatic carbocycles. The Labute approximate surface area is 153 Å². The van der Waals surface area contributed by atoms with Crippen LogP contribution in [0.2, 0.25) is 0 Å². The Morgan fingerprint density at radius 1 is 1.04 bits per heavy atom. The molecule has 4 heteroatoms. The molecule has 3 aromatic rings. The summed E-state index contributed by atoms with van der Waals surface area (Å²) in [6.45, 7) is 0.435. The third kappa shape index (κ3) is 3.54. The second kappa shape index (κ2) is 7.56. The minimum atomic E-state index is -0.120. The minimum absolute atomic E-state index is 0.120. The third-order valence-corrected chi connectivity index (χ3v) is 4.89. The van der Waals surface area contributed by atoms with Crippen LogP contribution in [0.25, 0.3) is 10.9 Å². The van der Waals surface area contributed by atoms with Gasteiger partial charge in [-0.1, -0.05) is 36.4 Å². The van der Waals surface area contributed by atoms with Gasteiger partial charge < -0.3 is 10.1 Å². The van der Waals surface area contributed by atoms with Gasteiger partial charge in [0.2, 0.25) is 0 Å². The van der Waals surface area contributed by atoms with Crippen molar-refractivity contribution >= 4 is 16.8 Å². The minimum Gasteiger partial charge on any atom is -0.490 e. The summed E-state index contributed by atoms with van der Waals surface area (Å²) in [5.41, 5.74) is 2.32. The molecule has 0 saturated heterocycles. The van der Waals surface area contributed by atoms with Crippen molar-refractivity contribution in [2.75, 3.05) is 0 Å². The SMILES string of the molecule is O=C(NCc1ccccc1OC1CCCC1)c1cccc2cccnc12. The summed E-state index contributed by atoms with van der Waals surface area (Å²) in [4.78, 5) is 17.1. The molecule has 1 amide bonds. The molecule has 1 heterocycles. The summed E-state index contributed by atoms with van der Waals surface area (Å²) in [7, 11) is 0. The van der Waals surface area contributed by atoms with Crippen LogP contribution in [0.3, 0.4) is 0 Å². The van der Waals surface area contributed by atoms with Crippen molar-refractivity contribution in [1.29, 1.82) is 0 Å². The summed E-state index contributed by atoms with van der Waals surface area (Å²) >= 11 is 0. The zero-order valence-corrected chi connectivity index (χ0v) is 14.7. The fourth-order valence-electron chi connectivity index (χ4n) is 3.51. The molecule has 1 saturated carbocycles. The molecule has 0 spiro atoms. The van der Waals surface area contributed by atoms with E-state index in [0.29, 0.717) is 18.2 Å². The highest BCUT2D eigenvalue weighted by Gasteiger charge is 2.18. The van der Waals surface area contributed by atoms with Crippen molar-refractivity contribution in [2.45, 2.75) is 38.3 Å². The first kappa shape index (κ1) is 16.6. The second-order valence-electron chi connectivity index (χ2n) is 6.70. The van der Waals surface area contributed by atoms with E-state index in [1.165, 1.54) is 12.8 Å². The zero-order valence-electron chi connectivity index (χ0n) is 14.7. The Bertz CT molecular complexity index is 911. The average Bonchev–Trinajstić information content (AvgIpc) is 3.20. The molecular weight excluding hydrogens is 324 g/mol. The number of benzene rings is 2. The predicted octanol–water partition coefficient (Wildman–Crippen LogP) is 4.49. The molecule has 0 atom stereocenters. The van der Waals surface area contributed by atoms with Gasteiger partial charge in [-0.05, 0) is 43.9 Å². The molecule has 0 unspecified atom stereocenters. The lowest BCUT2D eigenvalue weighted by Gasteiger charge is -2.17. The molecule has 2 aromatic carbocycles. The quantitative estimate of drug-likeness (QED) is 0.741. The molecule has 1 aromatic heterocycles. The summed E-state index contributed by atoms with van der Waals surface area (Å²) in [6.07, 6.45) is 6.71. The number of rotatable bonds is 5. The predicted molar refractivity (Wildman–Crippen MR) is 102 cm³/mol. The van der Waals surface area contributed by atoms with Crippen molar-refractivity contribution in [3.8, 4) is 5.75 Å². The topological polar surface area (TPSA) is 51.2 Å². The molecule has 0 bridgehead atoms. The van der Waals surface area contributed by atoms with E-state index in [4.69, 9.17) is 4.74 Å². The Morgan fingerprint density at radius 2 is 1.85 bits per heavy atom. The van der Waals surface area contributed by atoms with Gasteiger partial charge in [0, 0.05) is 23.7 Å². The van der Waals surface area contributed by atoms with Crippen LogP contribution in [0.5, 0.6) is 5.75 Å². The summed E-state index contributed by atoms with van der Waals surface area (Å²) in [5, 5.41) is 3.98. The number of aromatic nitrogens is 1. The van der Waals surface area contributed by atoms with Crippen LogP contribution in [-0.4, -0.2) is 17.0 Å². The highest BCUT2D eigenvalue weighted by molar-refractivity contribution is 6.05. The van der Waals surface area contributed by atoms with E-state index in [1.807, 2.05) is 54.6 Å². The van der Waals surface area contributed by atoms with E-state index in [2.05, 4.69) is 10.3 Å². The molecule has 1 fully saturated rings. The van der Waals surface area contributed by atoms with E-state index in [9.17, 15) is 4.79 Å². The van der Waals surface area contributed by atoms with Crippen LogP contribution in [0, 0.1) is 0 Å². The maximum absolute atomic E-state index is 12.7. The van der Waals surface area contributed by atoms with Crippen molar-refractivity contribution < 1.29 is 9.53 Å². The lowest BCUT2D eigenvalue weighted by molar-refractivity contribution is 0.0952. The highest BCUT2D eigenvalue weighted by Crippen LogP contribution is 2.26. The number of carbonyl (C=O) groups excluding carboxylic acids is 1. The number of amides is 1. The fourth-order valence-corrected chi connectivity index (χ4v) is 3.51. The van der Waals surface area contributed by atoms with Crippen LogP contribution in [0.1, 0.15) is 41.6 Å². The zero-order chi connectivity index (χ0) is 17.8. The van der Waals surface area contributed by atoms with Gasteiger partial charge >= 0.3 is 0 Å². The molecule has 4 nitrogen and oxygen atoms in total. The van der Waals surface area contributed by atoms with Crippen LogP contribution < -0.4 is 10.1 Å². The molecule has 1 aliphatic rings. The lowest BCUT2D eigenvalue weighted by atomic mass is 10.1. The number of ether oxygens (including phenoxy) is 1. The van der Waals surface area contributed by atoms with E-state index in [1.54, 1.807) is 6.20 Å². The maximum atomic E-state index is 12.7. The van der Waals surface area contributed by atoms with Gasteiger partial charge in [-0.25, -0.2) is 0 Å². The first-order valence-electron chi connectivity index (χ1n) is 9.18. The van der Waals surface area contributed by atoms with Gasteiger partial charge in [-0.3, -0.25) is 9.78 Å². The first-order chi connectivity index (χ1) is 12.8. The molecule has 26 heavy (non-hydrogen) atoms. The van der Waals surface area contributed by atoms with E-state index < -0.39 is 0 Å². The second-order valence-corrected chi connectivity index (χ2v) is 6.70. The van der Waals surface area contributed by atoms with Gasteiger partial charge in [0.15, 0.2) is 0 Å². The summed E-state index contributed by atoms with van der Waals surface area (Å²) in [5.74, 6) is 0.751. The summed E-state index contributed by atoms with van der Waals surface area (Å²) < 4.78 is 6.15. The maximum Gasteiger partial charge on any atom is 0.253 e. The molecule has 0 radical (unpaired) electrons. The standard InChI is InChI=1S/C22H22N2O2/c25-22(19-12-5-8-16-9-6-14-23-21(16)19)24-15-17-7-1-4-13-20(17)26-18-10-2-3-11-18/h1,4-9,12-14,18H,2-3,10-11,15H2,(H,24,25). The van der Waals surface area contributed by atoms with Crippen molar-refractivity contribution in [3.05, 3.63) is 71.9 Å². The number of hydrogen-bond donors (Lipinski definition) is 1. The van der Waals surface area contributed by atoms with Gasteiger partial charge in [0.05, 0.1) is 17.2 Å². The number of nitrogens with one attached hydrogen (secondary N) is 1. The number of para-hydroxylation sites is 2. The molecular formula is C22H22N2O2. The first-order valence-corrected chi connectivity index (χ1v) is 9.18. The van der Waals surface area contributed by atoms with Crippen LogP contribution in [0.4, 0.5) is 0 Å². The average molecular weight is 346 g/mol. The lowest BCUT2D eigenvalue weighted by Crippen LogP contribution is -2.24. The van der Waals surface area contributed by atoms with E-state index in [0.717, 1.165) is 35.1 Å². The molecule has 0 aliphatic heterocycles. The Hall–Kier alpha value is -2.88. The Balaban J connectivity index is 1.49. The summed E-state index contributed by atoms with van der Waals surface area (Å²) in [6, 6.07) is 17.4. The smallest absolute Gasteiger partial charge is 0.253 e. The number of fused-ring (bicyclic) bond motifs is 1. The van der Waals surface area contributed by atoms with E-state index in [-0.39, 0.29) is 5.91 Å². The number of nitrogens with zero attached hydrogens (tertiary/aromatic N) is 1. The fraction of sp³-hybridized carbons (Fsp3) is 0.273. The van der Waals surface area contributed by atoms with Crippen LogP contribution in [0.15, 0.2) is 60.8 Å². The molecule has 132 valence electrons. The van der Waals surface area contributed by atoms with Crippen molar-refractivity contribution in [3.63, 3.8) is 0 Å². The number of carbonyl (C=O) groups is 1. The van der Waals surface area contributed by atoms with Crippen LogP contribution >= 0.6 is 0 Å². The molecule has 1 N–H and O–H groups in total. The highest BCUT2D eigenvalue weighted by atomic mass is 16.5. The van der Waals surface area contributed by atoms with Gasteiger partial charge in [-0.15, -0.1) is 0 Å². The number of hydrogen-bond acceptors (Lipinski definition) is 3. The monoisotopic (exact) mass is 346 g/mol. The van der Waals surface area contributed by atoms with Gasteiger partial charge in [-0.2, -0.15) is 0 Å². The number of pyridine rings is 1. The van der Waals surface area contributed by atoms with Gasteiger partial charge in [0.1, 0.15) is 5.75 Å². The van der Waals surface area contributed by atoms with E-state index >= 15 is 0 Å². The Morgan fingerprint density at radius 3 is 2.73 bits per heavy atom. The van der Waals surface area contributed by atoms with Crippen molar-refractivity contribution in [2.24, 2.45) is 0 Å². The van der Waals surface area contributed by atoms with Gasteiger partial charge in [0.25, 0.3) is 5.91 Å². The van der Waals surface area contributed by atoms with Crippen LogP contribution in [-0.2, 0) is 6.54 Å².